The zero-order valence-electron chi connectivity index (χ0n) is 11.7. The molecule has 4 heteroatoms. The van der Waals surface area contributed by atoms with Gasteiger partial charge in [0.25, 0.3) is 0 Å². The number of carbonyl (C=O) groups excluding carboxylic acids is 1. The number of carbonyl (C=O) groups is 1. The summed E-state index contributed by atoms with van der Waals surface area (Å²) < 4.78 is 5.46. The van der Waals surface area contributed by atoms with Crippen molar-refractivity contribution in [3.63, 3.8) is 0 Å². The second-order valence-electron chi connectivity index (χ2n) is 5.22. The summed E-state index contributed by atoms with van der Waals surface area (Å²) in [6, 6.07) is 6.03. The fourth-order valence-corrected chi connectivity index (χ4v) is 2.22. The second-order valence-corrected chi connectivity index (χ2v) is 5.22. The third-order valence-corrected chi connectivity index (χ3v) is 3.22. The molecule has 1 aromatic carbocycles. The van der Waals surface area contributed by atoms with Crippen LogP contribution in [0.3, 0.4) is 0 Å². The molecule has 0 radical (unpaired) electrons. The average molecular weight is 262 g/mol. The molecular weight excluding hydrogens is 240 g/mol. The highest BCUT2D eigenvalue weighted by Crippen LogP contribution is 2.25. The second kappa shape index (κ2) is 6.57. The Hall–Kier alpha value is -1.55. The third-order valence-electron chi connectivity index (χ3n) is 3.22. The highest BCUT2D eigenvalue weighted by molar-refractivity contribution is 5.78. The van der Waals surface area contributed by atoms with Gasteiger partial charge in [0.05, 0.1) is 13.0 Å². The fraction of sp³-hybridized carbons (Fsp3) is 0.533. The van der Waals surface area contributed by atoms with Crippen molar-refractivity contribution in [2.75, 3.05) is 33.8 Å². The number of hydrogen-bond donors (Lipinski definition) is 1. The van der Waals surface area contributed by atoms with E-state index >= 15 is 0 Å². The Morgan fingerprint density at radius 1 is 1.42 bits per heavy atom. The molecule has 104 valence electrons. The molecule has 1 N–H and O–H groups in total. The largest absolute Gasteiger partial charge is 0.493 e. The SMILES string of the molecule is CN(C)CCCNC(=O)Cc1ccc2c(c1)CCO2. The van der Waals surface area contributed by atoms with Crippen molar-refractivity contribution in [1.82, 2.24) is 10.2 Å². The van der Waals surface area contributed by atoms with Crippen molar-refractivity contribution >= 4 is 5.91 Å². The molecule has 0 aliphatic carbocycles. The Morgan fingerprint density at radius 3 is 3.05 bits per heavy atom. The van der Waals surface area contributed by atoms with Gasteiger partial charge in [-0.3, -0.25) is 4.79 Å². The van der Waals surface area contributed by atoms with E-state index in [1.54, 1.807) is 0 Å². The summed E-state index contributed by atoms with van der Waals surface area (Å²) in [7, 11) is 4.07. The first kappa shape index (κ1) is 13.9. The number of nitrogens with zero attached hydrogens (tertiary/aromatic N) is 1. The normalized spacial score (nSPS) is 13.2. The maximum Gasteiger partial charge on any atom is 0.224 e. The molecule has 1 amide bonds. The highest BCUT2D eigenvalue weighted by atomic mass is 16.5. The smallest absolute Gasteiger partial charge is 0.224 e. The summed E-state index contributed by atoms with van der Waals surface area (Å²) in [5.74, 6) is 1.06. The van der Waals surface area contributed by atoms with E-state index < -0.39 is 0 Å². The summed E-state index contributed by atoms with van der Waals surface area (Å²) in [4.78, 5) is 13.9. The number of ether oxygens (including phenoxy) is 1. The summed E-state index contributed by atoms with van der Waals surface area (Å²) in [6.07, 6.45) is 2.39. The van der Waals surface area contributed by atoms with Gasteiger partial charge in [-0.05, 0) is 44.3 Å². The lowest BCUT2D eigenvalue weighted by molar-refractivity contribution is -0.120. The molecule has 0 saturated heterocycles. The predicted octanol–water partition coefficient (Wildman–Crippen LogP) is 1.23. The molecule has 1 aromatic rings. The van der Waals surface area contributed by atoms with Crippen molar-refractivity contribution in [1.29, 1.82) is 0 Å². The first-order chi connectivity index (χ1) is 9.15. The minimum absolute atomic E-state index is 0.0950. The monoisotopic (exact) mass is 262 g/mol. The van der Waals surface area contributed by atoms with Gasteiger partial charge in [-0.15, -0.1) is 0 Å². The molecule has 19 heavy (non-hydrogen) atoms. The molecule has 2 rings (SSSR count). The van der Waals surface area contributed by atoms with Crippen molar-refractivity contribution in [2.45, 2.75) is 19.3 Å². The van der Waals surface area contributed by atoms with Gasteiger partial charge in [0.2, 0.25) is 5.91 Å². The zero-order chi connectivity index (χ0) is 13.7. The van der Waals surface area contributed by atoms with Gasteiger partial charge < -0.3 is 15.0 Å². The Kier molecular flexibility index (Phi) is 4.80. The number of benzene rings is 1. The number of nitrogens with one attached hydrogen (secondary N) is 1. The molecule has 0 aromatic heterocycles. The minimum atomic E-state index is 0.0950. The van der Waals surface area contributed by atoms with Crippen molar-refractivity contribution in [2.24, 2.45) is 0 Å². The van der Waals surface area contributed by atoms with Crippen LogP contribution in [-0.2, 0) is 17.6 Å². The Labute approximate surface area is 114 Å². The first-order valence-corrected chi connectivity index (χ1v) is 6.81. The summed E-state index contributed by atoms with van der Waals surface area (Å²) in [5, 5.41) is 2.96. The van der Waals surface area contributed by atoms with Crippen LogP contribution in [0.2, 0.25) is 0 Å². The molecule has 4 nitrogen and oxygen atoms in total. The molecule has 1 aliphatic heterocycles. The van der Waals surface area contributed by atoms with Gasteiger partial charge in [0, 0.05) is 13.0 Å². The number of rotatable bonds is 6. The van der Waals surface area contributed by atoms with E-state index in [1.807, 2.05) is 26.2 Å². The van der Waals surface area contributed by atoms with Crippen LogP contribution < -0.4 is 10.1 Å². The quantitative estimate of drug-likeness (QED) is 0.784. The van der Waals surface area contributed by atoms with E-state index in [-0.39, 0.29) is 5.91 Å². The van der Waals surface area contributed by atoms with Gasteiger partial charge in [-0.1, -0.05) is 12.1 Å². The first-order valence-electron chi connectivity index (χ1n) is 6.81. The van der Waals surface area contributed by atoms with Crippen LogP contribution in [-0.4, -0.2) is 44.6 Å². The molecular formula is C15H22N2O2. The fourth-order valence-electron chi connectivity index (χ4n) is 2.22. The predicted molar refractivity (Wildman–Crippen MR) is 75.5 cm³/mol. The van der Waals surface area contributed by atoms with Crippen molar-refractivity contribution in [3.05, 3.63) is 29.3 Å². The van der Waals surface area contributed by atoms with Crippen molar-refractivity contribution < 1.29 is 9.53 Å². The highest BCUT2D eigenvalue weighted by Gasteiger charge is 2.13. The van der Waals surface area contributed by atoms with Crippen LogP contribution in [0.5, 0.6) is 5.75 Å². The molecule has 0 fully saturated rings. The lowest BCUT2D eigenvalue weighted by Gasteiger charge is -2.10. The van der Waals surface area contributed by atoms with Gasteiger partial charge in [0.15, 0.2) is 0 Å². The molecule has 0 atom stereocenters. The third kappa shape index (κ3) is 4.24. The van der Waals surface area contributed by atoms with Gasteiger partial charge >= 0.3 is 0 Å². The van der Waals surface area contributed by atoms with Crippen LogP contribution in [0.1, 0.15) is 17.5 Å². The Bertz CT molecular complexity index is 444. The van der Waals surface area contributed by atoms with Crippen LogP contribution in [0.4, 0.5) is 0 Å². The maximum absolute atomic E-state index is 11.8. The van der Waals surface area contributed by atoms with Crippen LogP contribution in [0.15, 0.2) is 18.2 Å². The number of fused-ring (bicyclic) bond motifs is 1. The molecule has 0 unspecified atom stereocenters. The molecule has 1 aliphatic rings. The van der Waals surface area contributed by atoms with E-state index in [0.29, 0.717) is 6.42 Å². The van der Waals surface area contributed by atoms with E-state index in [9.17, 15) is 4.79 Å². The lowest BCUT2D eigenvalue weighted by Crippen LogP contribution is -2.28. The Morgan fingerprint density at radius 2 is 2.26 bits per heavy atom. The molecule has 0 bridgehead atoms. The van der Waals surface area contributed by atoms with E-state index in [1.165, 1.54) is 5.56 Å². The topological polar surface area (TPSA) is 41.6 Å². The van der Waals surface area contributed by atoms with Gasteiger partial charge in [-0.25, -0.2) is 0 Å². The average Bonchev–Trinajstić information content (AvgIpc) is 2.82. The van der Waals surface area contributed by atoms with Crippen molar-refractivity contribution in [3.8, 4) is 5.75 Å². The van der Waals surface area contributed by atoms with Gasteiger partial charge in [-0.2, -0.15) is 0 Å². The Balaban J connectivity index is 1.76. The van der Waals surface area contributed by atoms with Gasteiger partial charge in [0.1, 0.15) is 5.75 Å². The number of amides is 1. The molecule has 0 spiro atoms. The molecule has 0 saturated carbocycles. The standard InChI is InChI=1S/C15H22N2O2/c1-17(2)8-3-7-16-15(18)11-12-4-5-14-13(10-12)6-9-19-14/h4-5,10H,3,6-9,11H2,1-2H3,(H,16,18). The zero-order valence-corrected chi connectivity index (χ0v) is 11.7. The molecule has 1 heterocycles. The summed E-state index contributed by atoms with van der Waals surface area (Å²) in [6.45, 7) is 2.50. The van der Waals surface area contributed by atoms with E-state index in [0.717, 1.165) is 43.9 Å². The van der Waals surface area contributed by atoms with E-state index in [4.69, 9.17) is 4.74 Å². The number of hydrogen-bond acceptors (Lipinski definition) is 3. The summed E-state index contributed by atoms with van der Waals surface area (Å²) in [5.41, 5.74) is 2.28. The minimum Gasteiger partial charge on any atom is -0.493 e. The summed E-state index contributed by atoms with van der Waals surface area (Å²) >= 11 is 0. The van der Waals surface area contributed by atoms with Crippen LogP contribution in [0.25, 0.3) is 0 Å². The maximum atomic E-state index is 11.8. The lowest BCUT2D eigenvalue weighted by atomic mass is 10.1. The van der Waals surface area contributed by atoms with E-state index in [2.05, 4.69) is 16.3 Å². The van der Waals surface area contributed by atoms with Crippen LogP contribution in [0, 0.1) is 0 Å². The van der Waals surface area contributed by atoms with Crippen LogP contribution >= 0.6 is 0 Å².